The Balaban J connectivity index is 1.80. The molecule has 2 aliphatic heterocycles. The van der Waals surface area contributed by atoms with Crippen molar-refractivity contribution in [3.8, 4) is 0 Å². The van der Waals surface area contributed by atoms with Gasteiger partial charge in [-0.3, -0.25) is 14.4 Å². The van der Waals surface area contributed by atoms with E-state index >= 15 is 0 Å². The van der Waals surface area contributed by atoms with Crippen LogP contribution in [0.5, 0.6) is 0 Å². The highest BCUT2D eigenvalue weighted by Crippen LogP contribution is 2.19. The minimum atomic E-state index is -0.841. The van der Waals surface area contributed by atoms with E-state index in [-0.39, 0.29) is 37.0 Å². The molecule has 2 heterocycles. The predicted molar refractivity (Wildman–Crippen MR) is 75.4 cm³/mol. The number of piperazine rings is 2. The molecule has 3 amide bonds. The molecule has 2 unspecified atom stereocenters. The second-order valence-corrected chi connectivity index (χ2v) is 5.69. The van der Waals surface area contributed by atoms with E-state index in [0.29, 0.717) is 6.07 Å². The third-order valence-corrected chi connectivity index (χ3v) is 4.09. The first-order valence-corrected chi connectivity index (χ1v) is 7.23. The van der Waals surface area contributed by atoms with Crippen LogP contribution in [-0.4, -0.2) is 59.2 Å². The molecule has 2 atom stereocenters. The molecule has 6 nitrogen and oxygen atoms in total. The number of hydrogen-bond acceptors (Lipinski definition) is 3. The molecule has 1 aromatic rings. The fraction of sp³-hybridized carbons (Fsp3) is 0.400. The zero-order chi connectivity index (χ0) is 16.7. The summed E-state index contributed by atoms with van der Waals surface area (Å²) in [7, 11) is 0. The number of rotatable bonds is 1. The van der Waals surface area contributed by atoms with E-state index in [1.165, 1.54) is 9.80 Å². The number of halogens is 2. The van der Waals surface area contributed by atoms with Crippen LogP contribution >= 0.6 is 0 Å². The molecule has 2 fully saturated rings. The van der Waals surface area contributed by atoms with Gasteiger partial charge in [0.15, 0.2) is 0 Å². The summed E-state index contributed by atoms with van der Waals surface area (Å²) in [5, 5.41) is 2.56. The Labute approximate surface area is 131 Å². The fourth-order valence-corrected chi connectivity index (χ4v) is 2.94. The second-order valence-electron chi connectivity index (χ2n) is 5.69. The quantitative estimate of drug-likeness (QED) is 0.799. The van der Waals surface area contributed by atoms with E-state index < -0.39 is 29.6 Å². The van der Waals surface area contributed by atoms with Crippen molar-refractivity contribution in [1.29, 1.82) is 0 Å². The summed E-state index contributed by atoms with van der Waals surface area (Å²) >= 11 is 0. The third kappa shape index (κ3) is 2.76. The highest BCUT2D eigenvalue weighted by atomic mass is 19.1. The molecule has 1 N–H and O–H groups in total. The lowest BCUT2D eigenvalue weighted by Crippen LogP contribution is -2.69. The molecule has 0 spiro atoms. The molecule has 0 bridgehead atoms. The monoisotopic (exact) mass is 323 g/mol. The van der Waals surface area contributed by atoms with Crippen LogP contribution in [0.1, 0.15) is 17.3 Å². The summed E-state index contributed by atoms with van der Waals surface area (Å²) in [5.74, 6) is -2.78. The Morgan fingerprint density at radius 1 is 1.17 bits per heavy atom. The Hall–Kier alpha value is -2.51. The largest absolute Gasteiger partial charge is 0.343 e. The van der Waals surface area contributed by atoms with Gasteiger partial charge in [-0.2, -0.15) is 0 Å². The van der Waals surface area contributed by atoms with Crippen molar-refractivity contribution in [2.24, 2.45) is 0 Å². The minimum absolute atomic E-state index is 0.00125. The molecular weight excluding hydrogens is 308 g/mol. The van der Waals surface area contributed by atoms with Crippen LogP contribution in [0.3, 0.4) is 0 Å². The molecule has 3 rings (SSSR count). The maximum atomic E-state index is 13.3. The summed E-state index contributed by atoms with van der Waals surface area (Å²) in [6.45, 7) is 2.02. The van der Waals surface area contributed by atoms with Crippen molar-refractivity contribution < 1.29 is 23.2 Å². The van der Waals surface area contributed by atoms with Crippen LogP contribution in [0.4, 0.5) is 8.78 Å². The van der Waals surface area contributed by atoms with Crippen LogP contribution in [0.2, 0.25) is 0 Å². The highest BCUT2D eigenvalue weighted by Gasteiger charge is 2.42. The van der Waals surface area contributed by atoms with Crippen LogP contribution in [0, 0.1) is 11.6 Å². The van der Waals surface area contributed by atoms with Gasteiger partial charge in [-0.15, -0.1) is 0 Å². The number of nitrogens with one attached hydrogen (secondary N) is 1. The van der Waals surface area contributed by atoms with Gasteiger partial charge in [0, 0.05) is 24.7 Å². The van der Waals surface area contributed by atoms with Gasteiger partial charge in [0.1, 0.15) is 23.7 Å². The number of fused-ring (bicyclic) bond motifs is 1. The van der Waals surface area contributed by atoms with Gasteiger partial charge in [0.25, 0.3) is 5.91 Å². The van der Waals surface area contributed by atoms with Gasteiger partial charge >= 0.3 is 0 Å². The van der Waals surface area contributed by atoms with Crippen molar-refractivity contribution >= 4 is 17.7 Å². The van der Waals surface area contributed by atoms with Gasteiger partial charge in [-0.25, -0.2) is 8.78 Å². The Bertz CT molecular complexity index is 674. The van der Waals surface area contributed by atoms with Gasteiger partial charge in [-0.1, -0.05) is 0 Å². The lowest BCUT2D eigenvalue weighted by atomic mass is 10.0. The van der Waals surface area contributed by atoms with Gasteiger partial charge in [-0.05, 0) is 19.1 Å². The standard InChI is InChI=1S/C15H15F2N3O3/c1-8-14(22)20-3-2-19(7-12(20)13(21)18-8)15(23)9-4-10(16)6-11(17)5-9/h4-6,8,12H,2-3,7H2,1H3,(H,18,21). The van der Waals surface area contributed by atoms with E-state index in [1.54, 1.807) is 6.92 Å². The second kappa shape index (κ2) is 5.60. The molecule has 1 aromatic carbocycles. The number of hydrogen-bond donors (Lipinski definition) is 1. The zero-order valence-electron chi connectivity index (χ0n) is 12.4. The van der Waals surface area contributed by atoms with E-state index in [2.05, 4.69) is 5.32 Å². The molecule has 2 aliphatic rings. The molecule has 122 valence electrons. The smallest absolute Gasteiger partial charge is 0.254 e. The maximum absolute atomic E-state index is 13.3. The first-order chi connectivity index (χ1) is 10.9. The SMILES string of the molecule is CC1NC(=O)C2CN(C(=O)c3cc(F)cc(F)c3)CCN2C1=O. The summed E-state index contributed by atoms with van der Waals surface area (Å²) in [6, 6.07) is 1.23. The topological polar surface area (TPSA) is 69.7 Å². The first-order valence-electron chi connectivity index (χ1n) is 7.23. The summed E-state index contributed by atoms with van der Waals surface area (Å²) in [6.07, 6.45) is 0. The minimum Gasteiger partial charge on any atom is -0.343 e. The molecule has 0 aliphatic carbocycles. The van der Waals surface area contributed by atoms with Gasteiger partial charge < -0.3 is 15.1 Å². The zero-order valence-corrected chi connectivity index (χ0v) is 12.4. The van der Waals surface area contributed by atoms with Crippen molar-refractivity contribution in [1.82, 2.24) is 15.1 Å². The molecule has 2 saturated heterocycles. The van der Waals surface area contributed by atoms with Crippen LogP contribution < -0.4 is 5.32 Å². The number of benzene rings is 1. The van der Waals surface area contributed by atoms with Crippen LogP contribution in [0.15, 0.2) is 18.2 Å². The van der Waals surface area contributed by atoms with Crippen molar-refractivity contribution in [3.05, 3.63) is 35.4 Å². The van der Waals surface area contributed by atoms with E-state index in [4.69, 9.17) is 0 Å². The van der Waals surface area contributed by atoms with Gasteiger partial charge in [0.2, 0.25) is 11.8 Å². The molecule has 23 heavy (non-hydrogen) atoms. The molecule has 0 aromatic heterocycles. The number of carbonyl (C=O) groups excluding carboxylic acids is 3. The fourth-order valence-electron chi connectivity index (χ4n) is 2.94. The molecule has 8 heteroatoms. The van der Waals surface area contributed by atoms with E-state index in [9.17, 15) is 23.2 Å². The number of carbonyl (C=O) groups is 3. The number of nitrogens with zero attached hydrogens (tertiary/aromatic N) is 2. The summed E-state index contributed by atoms with van der Waals surface area (Å²) in [4.78, 5) is 39.2. The van der Waals surface area contributed by atoms with Crippen molar-refractivity contribution in [3.63, 3.8) is 0 Å². The normalized spacial score (nSPS) is 24.3. The van der Waals surface area contributed by atoms with Crippen molar-refractivity contribution in [2.75, 3.05) is 19.6 Å². The number of amides is 3. The van der Waals surface area contributed by atoms with Gasteiger partial charge in [0.05, 0.1) is 6.54 Å². The van der Waals surface area contributed by atoms with E-state index in [1.807, 2.05) is 0 Å². The van der Waals surface area contributed by atoms with Crippen molar-refractivity contribution in [2.45, 2.75) is 19.0 Å². The Kier molecular flexibility index (Phi) is 3.75. The lowest BCUT2D eigenvalue weighted by molar-refractivity contribution is -0.151. The average Bonchev–Trinajstić information content (AvgIpc) is 2.50. The van der Waals surface area contributed by atoms with Crippen LogP contribution in [0.25, 0.3) is 0 Å². The Morgan fingerprint density at radius 3 is 2.48 bits per heavy atom. The van der Waals surface area contributed by atoms with Crippen LogP contribution in [-0.2, 0) is 9.59 Å². The first kappa shape index (κ1) is 15.4. The lowest BCUT2D eigenvalue weighted by Gasteiger charge is -2.44. The molecule has 0 radical (unpaired) electrons. The summed E-state index contributed by atoms with van der Waals surface area (Å²) < 4.78 is 26.5. The highest BCUT2D eigenvalue weighted by molar-refractivity contribution is 5.99. The third-order valence-electron chi connectivity index (χ3n) is 4.09. The maximum Gasteiger partial charge on any atom is 0.254 e. The Morgan fingerprint density at radius 2 is 1.83 bits per heavy atom. The predicted octanol–water partition coefficient (Wildman–Crippen LogP) is 0.136. The summed E-state index contributed by atoms with van der Waals surface area (Å²) in [5.41, 5.74) is -0.119. The average molecular weight is 323 g/mol. The molecule has 0 saturated carbocycles. The molecular formula is C15H15F2N3O3. The van der Waals surface area contributed by atoms with E-state index in [0.717, 1.165) is 12.1 Å².